The van der Waals surface area contributed by atoms with E-state index < -0.39 is 0 Å². The minimum absolute atomic E-state index is 0.462. The second kappa shape index (κ2) is 7.40. The van der Waals surface area contributed by atoms with Gasteiger partial charge >= 0.3 is 0 Å². The first-order valence-electron chi connectivity index (χ1n) is 5.08. The van der Waals surface area contributed by atoms with E-state index in [-0.39, 0.29) is 0 Å². The number of nitrogens with one attached hydrogen (secondary N) is 2. The maximum Gasteiger partial charge on any atom is 0.187 e. The largest absolute Gasteiger partial charge is 0.497 e. The Labute approximate surface area is 106 Å². The Morgan fingerprint density at radius 3 is 3.12 bits per heavy atom. The van der Waals surface area contributed by atoms with Crippen LogP contribution in [0.15, 0.2) is 42.0 Å². The Balaban J connectivity index is 2.47. The number of ether oxygens (including phenoxy) is 1. The zero-order valence-corrected chi connectivity index (χ0v) is 10.5. The minimum atomic E-state index is 0.462. The molecule has 90 valence electrons. The summed E-state index contributed by atoms with van der Waals surface area (Å²) in [6.07, 6.45) is 3.39. The smallest absolute Gasteiger partial charge is 0.187 e. The maximum atomic E-state index is 5.10. The van der Waals surface area contributed by atoms with Gasteiger partial charge in [0.1, 0.15) is 5.75 Å². The van der Waals surface area contributed by atoms with Gasteiger partial charge in [-0.05, 0) is 29.9 Å². The molecule has 4 nitrogen and oxygen atoms in total. The zero-order valence-electron chi connectivity index (χ0n) is 9.64. The summed E-state index contributed by atoms with van der Waals surface area (Å²) in [6.45, 7) is 4.19. The van der Waals surface area contributed by atoms with Crippen LogP contribution in [0.5, 0.6) is 5.75 Å². The molecule has 0 aliphatic carbocycles. The molecule has 0 amide bonds. The second-order valence-electron chi connectivity index (χ2n) is 3.15. The maximum absolute atomic E-state index is 5.10. The molecular weight excluding hydrogens is 234 g/mol. The average Bonchev–Trinajstić information content (AvgIpc) is 2.36. The molecule has 0 bridgehead atoms. The second-order valence-corrected chi connectivity index (χ2v) is 3.55. The van der Waals surface area contributed by atoms with E-state index in [1.807, 2.05) is 24.3 Å². The topological polar surface area (TPSA) is 45.7 Å². The van der Waals surface area contributed by atoms with Gasteiger partial charge in [-0.2, -0.15) is 5.10 Å². The summed E-state index contributed by atoms with van der Waals surface area (Å²) in [5.74, 6) is 0.793. The van der Waals surface area contributed by atoms with Crippen molar-refractivity contribution >= 4 is 23.5 Å². The molecule has 0 aliphatic heterocycles. The third-order valence-electron chi connectivity index (χ3n) is 1.88. The highest BCUT2D eigenvalue weighted by atomic mass is 32.1. The number of hydrogen-bond acceptors (Lipinski definition) is 3. The van der Waals surface area contributed by atoms with Crippen LogP contribution >= 0.6 is 12.2 Å². The third kappa shape index (κ3) is 5.12. The molecule has 5 heteroatoms. The van der Waals surface area contributed by atoms with Gasteiger partial charge in [0.25, 0.3) is 0 Å². The lowest BCUT2D eigenvalue weighted by Gasteiger charge is -2.03. The fraction of sp³-hybridized carbons (Fsp3) is 0.167. The monoisotopic (exact) mass is 249 g/mol. The van der Waals surface area contributed by atoms with E-state index in [1.165, 1.54) is 0 Å². The van der Waals surface area contributed by atoms with Crippen molar-refractivity contribution in [3.05, 3.63) is 42.5 Å². The molecule has 0 radical (unpaired) electrons. The first-order valence-corrected chi connectivity index (χ1v) is 5.49. The first kappa shape index (κ1) is 13.2. The van der Waals surface area contributed by atoms with E-state index in [2.05, 4.69) is 22.4 Å². The van der Waals surface area contributed by atoms with Crippen molar-refractivity contribution in [1.82, 2.24) is 10.7 Å². The minimum Gasteiger partial charge on any atom is -0.497 e. The summed E-state index contributed by atoms with van der Waals surface area (Å²) in [5.41, 5.74) is 3.64. The lowest BCUT2D eigenvalue weighted by Crippen LogP contribution is -2.31. The molecule has 0 heterocycles. The van der Waals surface area contributed by atoms with Crippen molar-refractivity contribution in [3.8, 4) is 5.75 Å². The summed E-state index contributed by atoms with van der Waals surface area (Å²) in [6, 6.07) is 7.58. The summed E-state index contributed by atoms with van der Waals surface area (Å²) in [7, 11) is 1.63. The SMILES string of the molecule is C=CCNC(=S)N/N=C\c1cccc(OC)c1. The number of rotatable bonds is 5. The van der Waals surface area contributed by atoms with E-state index in [1.54, 1.807) is 19.4 Å². The summed E-state index contributed by atoms with van der Waals surface area (Å²) in [5, 5.41) is 7.37. The molecular formula is C12H15N3OS. The van der Waals surface area contributed by atoms with Gasteiger partial charge in [-0.3, -0.25) is 5.43 Å². The quantitative estimate of drug-likeness (QED) is 0.361. The molecule has 0 atom stereocenters. The summed E-state index contributed by atoms with van der Waals surface area (Å²) >= 11 is 4.98. The fourth-order valence-electron chi connectivity index (χ4n) is 1.09. The average molecular weight is 249 g/mol. The molecule has 1 rings (SSSR count). The van der Waals surface area contributed by atoms with Crippen LogP contribution in [0, 0.1) is 0 Å². The van der Waals surface area contributed by atoms with Gasteiger partial charge in [0.15, 0.2) is 5.11 Å². The van der Waals surface area contributed by atoms with Crippen molar-refractivity contribution in [2.45, 2.75) is 0 Å². The van der Waals surface area contributed by atoms with Crippen molar-refractivity contribution in [1.29, 1.82) is 0 Å². The van der Waals surface area contributed by atoms with E-state index in [4.69, 9.17) is 17.0 Å². The summed E-state index contributed by atoms with van der Waals surface area (Å²) < 4.78 is 5.10. The number of hydrazone groups is 1. The van der Waals surface area contributed by atoms with Crippen molar-refractivity contribution in [2.75, 3.05) is 13.7 Å². The van der Waals surface area contributed by atoms with E-state index in [0.29, 0.717) is 11.7 Å². The fourth-order valence-corrected chi connectivity index (χ4v) is 1.23. The molecule has 0 spiro atoms. The Bertz CT molecular complexity index is 418. The number of methoxy groups -OCH3 is 1. The van der Waals surface area contributed by atoms with E-state index in [9.17, 15) is 0 Å². The van der Waals surface area contributed by atoms with Gasteiger partial charge in [-0.15, -0.1) is 6.58 Å². The van der Waals surface area contributed by atoms with Crippen molar-refractivity contribution in [3.63, 3.8) is 0 Å². The summed E-state index contributed by atoms with van der Waals surface area (Å²) in [4.78, 5) is 0. The van der Waals surface area contributed by atoms with Crippen LogP contribution in [0.1, 0.15) is 5.56 Å². The van der Waals surface area contributed by atoms with Crippen LogP contribution in [0.4, 0.5) is 0 Å². The lowest BCUT2D eigenvalue weighted by atomic mass is 10.2. The molecule has 0 aromatic heterocycles. The number of nitrogens with zero attached hydrogens (tertiary/aromatic N) is 1. The standard InChI is InChI=1S/C12H15N3OS/c1-3-7-13-12(17)15-14-9-10-5-4-6-11(8-10)16-2/h3-6,8-9H,1,7H2,2H3,(H2,13,15,17)/b14-9-. The highest BCUT2D eigenvalue weighted by Crippen LogP contribution is 2.10. The van der Waals surface area contributed by atoms with Gasteiger partial charge in [-0.25, -0.2) is 0 Å². The van der Waals surface area contributed by atoms with Crippen LogP contribution in [-0.4, -0.2) is 25.0 Å². The number of benzene rings is 1. The van der Waals surface area contributed by atoms with Crippen LogP contribution in [0.25, 0.3) is 0 Å². The lowest BCUT2D eigenvalue weighted by molar-refractivity contribution is 0.415. The Morgan fingerprint density at radius 1 is 1.59 bits per heavy atom. The Morgan fingerprint density at radius 2 is 2.41 bits per heavy atom. The predicted molar refractivity (Wildman–Crippen MR) is 74.5 cm³/mol. The molecule has 1 aromatic rings. The van der Waals surface area contributed by atoms with Gasteiger partial charge in [0.05, 0.1) is 13.3 Å². The first-order chi connectivity index (χ1) is 8.26. The molecule has 2 N–H and O–H groups in total. The molecule has 0 aliphatic rings. The van der Waals surface area contributed by atoms with Crippen LogP contribution in [0.3, 0.4) is 0 Å². The van der Waals surface area contributed by atoms with Crippen LogP contribution in [-0.2, 0) is 0 Å². The molecule has 17 heavy (non-hydrogen) atoms. The molecule has 0 unspecified atom stereocenters. The third-order valence-corrected chi connectivity index (χ3v) is 2.12. The molecule has 1 aromatic carbocycles. The van der Waals surface area contributed by atoms with Crippen molar-refractivity contribution in [2.24, 2.45) is 5.10 Å². The predicted octanol–water partition coefficient (Wildman–Crippen LogP) is 1.68. The van der Waals surface area contributed by atoms with Gasteiger partial charge in [-0.1, -0.05) is 18.2 Å². The van der Waals surface area contributed by atoms with Crippen LogP contribution < -0.4 is 15.5 Å². The van der Waals surface area contributed by atoms with Gasteiger partial charge in [0, 0.05) is 6.54 Å². The normalized spacial score (nSPS) is 9.94. The highest BCUT2D eigenvalue weighted by molar-refractivity contribution is 7.80. The molecule has 0 saturated heterocycles. The van der Waals surface area contributed by atoms with E-state index in [0.717, 1.165) is 11.3 Å². The Hall–Kier alpha value is -1.88. The van der Waals surface area contributed by atoms with Crippen molar-refractivity contribution < 1.29 is 4.74 Å². The number of thiocarbonyl (C=S) groups is 1. The molecule has 0 saturated carbocycles. The van der Waals surface area contributed by atoms with Gasteiger partial charge < -0.3 is 10.1 Å². The molecule has 0 fully saturated rings. The number of hydrogen-bond donors (Lipinski definition) is 2. The van der Waals surface area contributed by atoms with Gasteiger partial charge in [0.2, 0.25) is 0 Å². The Kier molecular flexibility index (Phi) is 5.74. The van der Waals surface area contributed by atoms with Crippen LogP contribution in [0.2, 0.25) is 0 Å². The highest BCUT2D eigenvalue weighted by Gasteiger charge is 1.92. The zero-order chi connectivity index (χ0) is 12.5. The van der Waals surface area contributed by atoms with E-state index >= 15 is 0 Å².